The van der Waals surface area contributed by atoms with Gasteiger partial charge in [-0.3, -0.25) is 9.36 Å². The maximum absolute atomic E-state index is 12.7. The summed E-state index contributed by atoms with van der Waals surface area (Å²) in [6, 6.07) is 5.74. The van der Waals surface area contributed by atoms with Crippen molar-refractivity contribution in [2.45, 2.75) is 11.3 Å². The zero-order valence-electron chi connectivity index (χ0n) is 10.3. The van der Waals surface area contributed by atoms with Crippen LogP contribution in [0.4, 0.5) is 19.0 Å². The average molecular weight is 301 g/mol. The number of hydrogen-bond donors (Lipinski definition) is 1. The molecule has 0 amide bonds. The van der Waals surface area contributed by atoms with Crippen LogP contribution < -0.4 is 11.3 Å². The molecule has 2 aromatic rings. The Labute approximate surface area is 116 Å². The van der Waals surface area contributed by atoms with E-state index in [-0.39, 0.29) is 16.7 Å². The predicted octanol–water partition coefficient (Wildman–Crippen LogP) is 2.56. The highest BCUT2D eigenvalue weighted by Gasteiger charge is 2.30. The minimum Gasteiger partial charge on any atom is -0.385 e. The number of rotatable bonds is 2. The van der Waals surface area contributed by atoms with E-state index in [1.807, 2.05) is 0 Å². The van der Waals surface area contributed by atoms with Gasteiger partial charge in [0, 0.05) is 6.07 Å². The van der Waals surface area contributed by atoms with Gasteiger partial charge in [-0.1, -0.05) is 17.8 Å². The maximum atomic E-state index is 12.7. The molecular weight excluding hydrogens is 291 g/mol. The summed E-state index contributed by atoms with van der Waals surface area (Å²) in [5.74, 6) is 0.0358. The molecule has 0 saturated carbocycles. The predicted molar refractivity (Wildman–Crippen MR) is 71.0 cm³/mol. The van der Waals surface area contributed by atoms with Crippen LogP contribution in [0, 0.1) is 0 Å². The third-order valence-electron chi connectivity index (χ3n) is 2.54. The Morgan fingerprint density at radius 2 is 2.00 bits per heavy atom. The number of alkyl halides is 3. The van der Waals surface area contributed by atoms with Crippen molar-refractivity contribution in [3.63, 3.8) is 0 Å². The molecule has 8 heteroatoms. The lowest BCUT2D eigenvalue weighted by molar-refractivity contribution is -0.137. The van der Waals surface area contributed by atoms with Gasteiger partial charge in [-0.2, -0.15) is 18.2 Å². The molecule has 2 N–H and O–H groups in total. The van der Waals surface area contributed by atoms with E-state index in [9.17, 15) is 18.0 Å². The monoisotopic (exact) mass is 301 g/mol. The van der Waals surface area contributed by atoms with Crippen LogP contribution in [0.2, 0.25) is 0 Å². The Hall–Kier alpha value is -1.96. The quantitative estimate of drug-likeness (QED) is 0.684. The Morgan fingerprint density at radius 1 is 1.30 bits per heavy atom. The van der Waals surface area contributed by atoms with E-state index in [0.717, 1.165) is 30.0 Å². The second-order valence-corrected chi connectivity index (χ2v) is 4.66. The van der Waals surface area contributed by atoms with Crippen molar-refractivity contribution >= 4 is 17.6 Å². The molecule has 0 aliphatic heterocycles. The molecule has 0 aliphatic rings. The van der Waals surface area contributed by atoms with Gasteiger partial charge >= 0.3 is 6.18 Å². The number of aromatic nitrogens is 2. The standard InChI is InChI=1S/C12H10F3N3OS/c1-20-11-17-10(19)6-9(16)18(11)8-4-2-3-7(5-8)12(13,14)15/h2-6H,16H2,1H3. The fourth-order valence-corrected chi connectivity index (χ4v) is 2.27. The molecule has 0 saturated heterocycles. The molecule has 0 atom stereocenters. The lowest BCUT2D eigenvalue weighted by Gasteiger charge is -2.15. The summed E-state index contributed by atoms with van der Waals surface area (Å²) >= 11 is 1.12. The third kappa shape index (κ3) is 2.79. The summed E-state index contributed by atoms with van der Waals surface area (Å²) in [5.41, 5.74) is 4.60. The summed E-state index contributed by atoms with van der Waals surface area (Å²) < 4.78 is 39.5. The van der Waals surface area contributed by atoms with E-state index in [4.69, 9.17) is 5.73 Å². The SMILES string of the molecule is CSc1nc(=O)cc(N)n1-c1cccc(C(F)(F)F)c1. The van der Waals surface area contributed by atoms with E-state index < -0.39 is 17.3 Å². The topological polar surface area (TPSA) is 60.9 Å². The van der Waals surface area contributed by atoms with Gasteiger partial charge in [0.2, 0.25) is 0 Å². The minimum absolute atomic E-state index is 0.0358. The molecule has 106 valence electrons. The normalized spacial score (nSPS) is 11.6. The van der Waals surface area contributed by atoms with Crippen LogP contribution in [-0.2, 0) is 6.18 Å². The van der Waals surface area contributed by atoms with E-state index in [1.54, 1.807) is 6.26 Å². The fraction of sp³-hybridized carbons (Fsp3) is 0.167. The van der Waals surface area contributed by atoms with Crippen LogP contribution in [0.5, 0.6) is 0 Å². The van der Waals surface area contributed by atoms with Gasteiger partial charge < -0.3 is 5.73 Å². The van der Waals surface area contributed by atoms with Gasteiger partial charge in [0.1, 0.15) is 5.82 Å². The molecule has 0 unspecified atom stereocenters. The van der Waals surface area contributed by atoms with Crippen molar-refractivity contribution in [1.29, 1.82) is 0 Å². The second-order valence-electron chi connectivity index (χ2n) is 3.89. The first-order chi connectivity index (χ1) is 9.32. The van der Waals surface area contributed by atoms with E-state index in [0.29, 0.717) is 0 Å². The first-order valence-corrected chi connectivity index (χ1v) is 6.66. The molecule has 4 nitrogen and oxygen atoms in total. The highest BCUT2D eigenvalue weighted by Crippen LogP contribution is 2.31. The molecule has 0 spiro atoms. The number of hydrogen-bond acceptors (Lipinski definition) is 4. The molecule has 1 aromatic heterocycles. The summed E-state index contributed by atoms with van der Waals surface area (Å²) in [5, 5.41) is 0.231. The zero-order chi connectivity index (χ0) is 14.9. The summed E-state index contributed by atoms with van der Waals surface area (Å²) in [6.45, 7) is 0. The molecule has 1 aromatic carbocycles. The molecule has 0 aliphatic carbocycles. The highest BCUT2D eigenvalue weighted by molar-refractivity contribution is 7.98. The van der Waals surface area contributed by atoms with Gasteiger partial charge in [-0.15, -0.1) is 0 Å². The minimum atomic E-state index is -4.45. The van der Waals surface area contributed by atoms with E-state index in [1.165, 1.54) is 16.7 Å². The molecule has 0 fully saturated rings. The van der Waals surface area contributed by atoms with Crippen LogP contribution in [0.3, 0.4) is 0 Å². The maximum Gasteiger partial charge on any atom is 0.416 e. The number of benzene rings is 1. The first-order valence-electron chi connectivity index (χ1n) is 5.44. The molecule has 20 heavy (non-hydrogen) atoms. The number of halogens is 3. The van der Waals surface area contributed by atoms with Gasteiger partial charge in [0.15, 0.2) is 5.16 Å². The molecule has 2 rings (SSSR count). The van der Waals surface area contributed by atoms with Crippen LogP contribution in [-0.4, -0.2) is 15.8 Å². The van der Waals surface area contributed by atoms with Gasteiger partial charge in [-0.25, -0.2) is 0 Å². The fourth-order valence-electron chi connectivity index (χ4n) is 1.70. The van der Waals surface area contributed by atoms with Crippen molar-refractivity contribution in [3.05, 3.63) is 46.2 Å². The lowest BCUT2D eigenvalue weighted by atomic mass is 10.2. The number of nitrogens with zero attached hydrogens (tertiary/aromatic N) is 2. The van der Waals surface area contributed by atoms with Crippen molar-refractivity contribution in [2.75, 3.05) is 12.0 Å². The van der Waals surface area contributed by atoms with Crippen LogP contribution in [0.1, 0.15) is 5.56 Å². The summed E-state index contributed by atoms with van der Waals surface area (Å²) in [6.07, 6.45) is -2.79. The van der Waals surface area contributed by atoms with Gasteiger partial charge in [0.25, 0.3) is 5.56 Å². The molecule has 1 heterocycles. The highest BCUT2D eigenvalue weighted by atomic mass is 32.2. The lowest BCUT2D eigenvalue weighted by Crippen LogP contribution is -2.17. The van der Waals surface area contributed by atoms with Crippen molar-refractivity contribution in [1.82, 2.24) is 9.55 Å². The second kappa shape index (κ2) is 5.20. The van der Waals surface area contributed by atoms with Crippen molar-refractivity contribution < 1.29 is 13.2 Å². The van der Waals surface area contributed by atoms with Crippen molar-refractivity contribution in [2.24, 2.45) is 0 Å². The third-order valence-corrected chi connectivity index (χ3v) is 3.18. The largest absolute Gasteiger partial charge is 0.416 e. The number of nitrogen functional groups attached to an aromatic ring is 1. The number of anilines is 1. The number of nitrogens with two attached hydrogens (primary N) is 1. The Morgan fingerprint density at radius 3 is 2.60 bits per heavy atom. The zero-order valence-corrected chi connectivity index (χ0v) is 11.1. The summed E-state index contributed by atoms with van der Waals surface area (Å²) in [4.78, 5) is 15.0. The molecule has 0 bridgehead atoms. The number of thioether (sulfide) groups is 1. The van der Waals surface area contributed by atoms with Crippen LogP contribution >= 0.6 is 11.8 Å². The first kappa shape index (κ1) is 14.4. The Balaban J connectivity index is 2.66. The van der Waals surface area contributed by atoms with Gasteiger partial charge in [0.05, 0.1) is 11.3 Å². The molecule has 0 radical (unpaired) electrons. The van der Waals surface area contributed by atoms with Crippen LogP contribution in [0.15, 0.2) is 40.3 Å². The van der Waals surface area contributed by atoms with Crippen molar-refractivity contribution in [3.8, 4) is 5.69 Å². The smallest absolute Gasteiger partial charge is 0.385 e. The molecular formula is C12H10F3N3OS. The Kier molecular flexibility index (Phi) is 3.76. The van der Waals surface area contributed by atoms with Crippen LogP contribution in [0.25, 0.3) is 5.69 Å². The van der Waals surface area contributed by atoms with Gasteiger partial charge in [-0.05, 0) is 24.5 Å². The van der Waals surface area contributed by atoms with E-state index >= 15 is 0 Å². The Bertz CT molecular complexity index is 697. The van der Waals surface area contributed by atoms with E-state index in [2.05, 4.69) is 4.98 Å². The summed E-state index contributed by atoms with van der Waals surface area (Å²) in [7, 11) is 0. The average Bonchev–Trinajstić information content (AvgIpc) is 2.36.